The predicted octanol–water partition coefficient (Wildman–Crippen LogP) is 1.84. The molecular formula is C16H25N3O. The van der Waals surface area contributed by atoms with Crippen LogP contribution in [0.4, 0.5) is 11.4 Å². The van der Waals surface area contributed by atoms with E-state index in [0.29, 0.717) is 12.6 Å². The normalized spacial score (nSPS) is 27.6. The summed E-state index contributed by atoms with van der Waals surface area (Å²) in [6.45, 7) is 4.86. The lowest BCUT2D eigenvalue weighted by Gasteiger charge is -2.43. The van der Waals surface area contributed by atoms with E-state index in [-0.39, 0.29) is 12.1 Å². The molecule has 1 aromatic carbocycles. The molecule has 0 radical (unpaired) electrons. The summed E-state index contributed by atoms with van der Waals surface area (Å²) in [4.78, 5) is 4.77. The maximum Gasteiger partial charge on any atom is 0.0795 e. The first-order valence-corrected chi connectivity index (χ1v) is 7.63. The second-order valence-electron chi connectivity index (χ2n) is 5.97. The summed E-state index contributed by atoms with van der Waals surface area (Å²) in [6.07, 6.45) is 2.91. The molecule has 0 aliphatic carbocycles. The molecule has 110 valence electrons. The zero-order valence-electron chi connectivity index (χ0n) is 12.5. The molecule has 0 bridgehead atoms. The minimum absolute atomic E-state index is 0.270. The van der Waals surface area contributed by atoms with E-state index in [1.807, 2.05) is 0 Å². The summed E-state index contributed by atoms with van der Waals surface area (Å²) < 4.78 is 6.07. The molecule has 0 saturated carbocycles. The van der Waals surface area contributed by atoms with E-state index in [2.05, 4.69) is 48.0 Å². The average molecular weight is 275 g/mol. The van der Waals surface area contributed by atoms with Crippen LogP contribution in [0.5, 0.6) is 0 Å². The van der Waals surface area contributed by atoms with Crippen molar-refractivity contribution in [1.82, 2.24) is 0 Å². The van der Waals surface area contributed by atoms with Crippen LogP contribution < -0.4 is 15.5 Å². The van der Waals surface area contributed by atoms with E-state index in [1.54, 1.807) is 0 Å². The Morgan fingerprint density at radius 1 is 1.25 bits per heavy atom. The predicted molar refractivity (Wildman–Crippen MR) is 83.5 cm³/mol. The Labute approximate surface area is 121 Å². The number of para-hydroxylation sites is 2. The number of nitrogens with two attached hydrogens (primary N) is 1. The number of benzene rings is 1. The lowest BCUT2D eigenvalue weighted by molar-refractivity contribution is 0.0401. The van der Waals surface area contributed by atoms with Crippen LogP contribution in [-0.4, -0.2) is 44.9 Å². The molecule has 1 aromatic rings. The van der Waals surface area contributed by atoms with Gasteiger partial charge in [0.15, 0.2) is 0 Å². The van der Waals surface area contributed by atoms with Crippen LogP contribution in [0, 0.1) is 0 Å². The van der Waals surface area contributed by atoms with Crippen molar-refractivity contribution < 1.29 is 4.74 Å². The van der Waals surface area contributed by atoms with Crippen molar-refractivity contribution in [3.63, 3.8) is 0 Å². The monoisotopic (exact) mass is 275 g/mol. The van der Waals surface area contributed by atoms with Gasteiger partial charge in [0.2, 0.25) is 0 Å². The number of hydrogen-bond donors (Lipinski definition) is 1. The summed E-state index contributed by atoms with van der Waals surface area (Å²) in [7, 11) is 2.15. The molecule has 1 fully saturated rings. The first-order valence-electron chi connectivity index (χ1n) is 7.63. The molecule has 0 spiro atoms. The summed E-state index contributed by atoms with van der Waals surface area (Å²) in [6, 6.07) is 8.88. The van der Waals surface area contributed by atoms with Gasteiger partial charge in [0.05, 0.1) is 29.6 Å². The largest absolute Gasteiger partial charge is 0.373 e. The van der Waals surface area contributed by atoms with Gasteiger partial charge in [0.25, 0.3) is 0 Å². The van der Waals surface area contributed by atoms with Gasteiger partial charge in [0.1, 0.15) is 0 Å². The Morgan fingerprint density at radius 3 is 2.65 bits per heavy atom. The number of rotatable bonds is 3. The Kier molecular flexibility index (Phi) is 3.85. The summed E-state index contributed by atoms with van der Waals surface area (Å²) >= 11 is 0. The van der Waals surface area contributed by atoms with Crippen molar-refractivity contribution in [3.8, 4) is 0 Å². The third-order valence-corrected chi connectivity index (χ3v) is 4.61. The Morgan fingerprint density at radius 2 is 2.00 bits per heavy atom. The van der Waals surface area contributed by atoms with Crippen LogP contribution in [-0.2, 0) is 4.74 Å². The highest BCUT2D eigenvalue weighted by molar-refractivity contribution is 5.73. The van der Waals surface area contributed by atoms with Crippen LogP contribution in [0.25, 0.3) is 0 Å². The third-order valence-electron chi connectivity index (χ3n) is 4.61. The molecule has 2 aliphatic heterocycles. The maximum absolute atomic E-state index is 6.09. The van der Waals surface area contributed by atoms with Gasteiger partial charge in [-0.3, -0.25) is 0 Å². The van der Waals surface area contributed by atoms with Gasteiger partial charge < -0.3 is 20.3 Å². The van der Waals surface area contributed by atoms with Crippen LogP contribution in [0.3, 0.4) is 0 Å². The molecule has 2 aliphatic rings. The van der Waals surface area contributed by atoms with E-state index >= 15 is 0 Å². The smallest absolute Gasteiger partial charge is 0.0795 e. The average Bonchev–Trinajstić information content (AvgIpc) is 2.89. The summed E-state index contributed by atoms with van der Waals surface area (Å²) in [5.41, 5.74) is 8.67. The minimum atomic E-state index is 0.270. The van der Waals surface area contributed by atoms with Crippen molar-refractivity contribution in [2.45, 2.75) is 38.0 Å². The molecule has 4 heteroatoms. The fraction of sp³-hybridized carbons (Fsp3) is 0.625. The van der Waals surface area contributed by atoms with E-state index in [0.717, 1.165) is 25.9 Å². The summed E-state index contributed by atoms with van der Waals surface area (Å²) in [5.74, 6) is 0. The highest BCUT2D eigenvalue weighted by Gasteiger charge is 2.35. The lowest BCUT2D eigenvalue weighted by atomic mass is 10.0. The highest BCUT2D eigenvalue weighted by atomic mass is 16.5. The fourth-order valence-electron chi connectivity index (χ4n) is 3.47. The summed E-state index contributed by atoms with van der Waals surface area (Å²) in [5, 5.41) is 0. The van der Waals surface area contributed by atoms with Gasteiger partial charge in [-0.2, -0.15) is 0 Å². The molecular weight excluding hydrogens is 250 g/mol. The lowest BCUT2D eigenvalue weighted by Crippen LogP contribution is -2.53. The zero-order valence-corrected chi connectivity index (χ0v) is 12.5. The maximum atomic E-state index is 6.09. The van der Waals surface area contributed by atoms with Crippen molar-refractivity contribution in [2.75, 3.05) is 36.5 Å². The minimum Gasteiger partial charge on any atom is -0.373 e. The molecule has 4 nitrogen and oxygen atoms in total. The number of hydrogen-bond acceptors (Lipinski definition) is 4. The van der Waals surface area contributed by atoms with Gasteiger partial charge in [-0.25, -0.2) is 0 Å². The van der Waals surface area contributed by atoms with Crippen molar-refractivity contribution in [3.05, 3.63) is 24.3 Å². The second kappa shape index (κ2) is 5.62. The van der Waals surface area contributed by atoms with Crippen LogP contribution >= 0.6 is 0 Å². The van der Waals surface area contributed by atoms with E-state index < -0.39 is 0 Å². The first-order chi connectivity index (χ1) is 9.70. The molecule has 3 unspecified atom stereocenters. The number of nitrogens with zero attached hydrogens (tertiary/aromatic N) is 2. The quantitative estimate of drug-likeness (QED) is 0.914. The van der Waals surface area contributed by atoms with Gasteiger partial charge in [-0.1, -0.05) is 12.1 Å². The number of ether oxygens (including phenoxy) is 1. The number of fused-ring (bicyclic) bond motifs is 1. The van der Waals surface area contributed by atoms with Crippen LogP contribution in [0.1, 0.15) is 19.8 Å². The molecule has 2 heterocycles. The van der Waals surface area contributed by atoms with Gasteiger partial charge >= 0.3 is 0 Å². The molecule has 0 amide bonds. The molecule has 2 N–H and O–H groups in total. The topological polar surface area (TPSA) is 41.7 Å². The number of anilines is 2. The first kappa shape index (κ1) is 13.7. The van der Waals surface area contributed by atoms with Crippen LogP contribution in [0.2, 0.25) is 0 Å². The second-order valence-corrected chi connectivity index (χ2v) is 5.97. The molecule has 3 atom stereocenters. The van der Waals surface area contributed by atoms with Crippen molar-refractivity contribution >= 4 is 11.4 Å². The molecule has 0 aromatic heterocycles. The van der Waals surface area contributed by atoms with Crippen molar-refractivity contribution in [1.29, 1.82) is 0 Å². The molecule has 1 saturated heterocycles. The van der Waals surface area contributed by atoms with Crippen molar-refractivity contribution in [2.24, 2.45) is 5.73 Å². The fourth-order valence-corrected chi connectivity index (χ4v) is 3.47. The highest BCUT2D eigenvalue weighted by Crippen LogP contribution is 2.35. The standard InChI is InChI=1S/C16H25N3O/c1-12-7-8-16(20-12)15(11-17)19-10-9-18(2)13-5-3-4-6-14(13)19/h3-6,12,15-16H,7-11,17H2,1-2H3. The number of likely N-dealkylation sites (N-methyl/N-ethyl adjacent to an activating group) is 1. The van der Waals surface area contributed by atoms with Crippen LogP contribution in [0.15, 0.2) is 24.3 Å². The SMILES string of the molecule is CC1CCC(C(CN)N2CCN(C)c3ccccc32)O1. The van der Waals surface area contributed by atoms with Gasteiger partial charge in [0, 0.05) is 26.7 Å². The molecule has 3 rings (SSSR count). The third kappa shape index (κ3) is 2.38. The van der Waals surface area contributed by atoms with E-state index in [1.165, 1.54) is 11.4 Å². The Hall–Kier alpha value is -1.26. The Bertz CT molecular complexity index is 465. The Balaban J connectivity index is 1.87. The van der Waals surface area contributed by atoms with E-state index in [4.69, 9.17) is 10.5 Å². The van der Waals surface area contributed by atoms with Gasteiger partial charge in [-0.05, 0) is 31.9 Å². The molecule has 20 heavy (non-hydrogen) atoms. The zero-order chi connectivity index (χ0) is 14.1. The van der Waals surface area contributed by atoms with E-state index in [9.17, 15) is 0 Å². The van der Waals surface area contributed by atoms with Gasteiger partial charge in [-0.15, -0.1) is 0 Å².